The molecule has 0 aliphatic carbocycles. The van der Waals surface area contributed by atoms with Crippen LogP contribution in [0.2, 0.25) is 0 Å². The Bertz CT molecular complexity index is 343. The van der Waals surface area contributed by atoms with E-state index in [2.05, 4.69) is 20.1 Å². The van der Waals surface area contributed by atoms with Crippen LogP contribution in [0.15, 0.2) is 0 Å². The highest BCUT2D eigenvalue weighted by Crippen LogP contribution is 2.23. The lowest BCUT2D eigenvalue weighted by atomic mass is 10.3. The summed E-state index contributed by atoms with van der Waals surface area (Å²) in [6.07, 6.45) is 0. The lowest BCUT2D eigenvalue weighted by molar-refractivity contribution is -0.142. The molecule has 0 rings (SSSR count). The topological polar surface area (TPSA) is 120 Å². The Morgan fingerprint density at radius 2 is 1.65 bits per heavy atom. The Morgan fingerprint density at radius 1 is 1.10 bits per heavy atom. The van der Waals surface area contributed by atoms with Crippen LogP contribution >= 0.6 is 21.6 Å². The zero-order valence-electron chi connectivity index (χ0n) is 11.5. The molecule has 0 fully saturated rings. The largest absolute Gasteiger partial charge is 0.468 e. The number of hydrogen-bond acceptors (Lipinski definition) is 8. The molecule has 0 saturated carbocycles. The van der Waals surface area contributed by atoms with Crippen molar-refractivity contribution in [2.75, 3.05) is 32.8 Å². The van der Waals surface area contributed by atoms with Gasteiger partial charge in [-0.25, -0.2) is 9.59 Å². The molecule has 0 spiro atoms. The molecular formula is C10H19N3O5S2. The van der Waals surface area contributed by atoms with Crippen LogP contribution in [-0.2, 0) is 19.1 Å². The van der Waals surface area contributed by atoms with Crippen molar-refractivity contribution in [3.8, 4) is 0 Å². The molecule has 116 valence electrons. The molecule has 0 saturated heterocycles. The Hall–Kier alpha value is -1.13. The zero-order chi connectivity index (χ0) is 15.5. The summed E-state index contributed by atoms with van der Waals surface area (Å²) in [5, 5.41) is 4.81. The standard InChI is InChI=1S/C10H19N3O5S2/c1-12-10(16)13-7(9(15)18-3)5-20-19-4-6(11)8(14)17-2/h6-7H,4-5,11H2,1-3H3,(H2,12,13,16)/t6?,7-/m0/s1. The van der Waals surface area contributed by atoms with Gasteiger partial charge in [0.25, 0.3) is 0 Å². The van der Waals surface area contributed by atoms with Crippen molar-refractivity contribution < 1.29 is 23.9 Å². The van der Waals surface area contributed by atoms with Gasteiger partial charge in [-0.3, -0.25) is 4.79 Å². The molecule has 0 aliphatic rings. The van der Waals surface area contributed by atoms with E-state index < -0.39 is 30.1 Å². The van der Waals surface area contributed by atoms with E-state index in [1.165, 1.54) is 42.9 Å². The van der Waals surface area contributed by atoms with E-state index in [1.807, 2.05) is 0 Å². The molecule has 0 aliphatic heterocycles. The number of rotatable bonds is 8. The summed E-state index contributed by atoms with van der Waals surface area (Å²) < 4.78 is 9.08. The minimum Gasteiger partial charge on any atom is -0.468 e. The van der Waals surface area contributed by atoms with Crippen LogP contribution in [0, 0.1) is 0 Å². The first-order valence-corrected chi connectivity index (χ1v) is 8.09. The molecular weight excluding hydrogens is 306 g/mol. The molecule has 20 heavy (non-hydrogen) atoms. The van der Waals surface area contributed by atoms with Crippen LogP contribution in [-0.4, -0.2) is 62.8 Å². The minimum atomic E-state index is -0.771. The van der Waals surface area contributed by atoms with Crippen LogP contribution in [0.5, 0.6) is 0 Å². The Kier molecular flexibility index (Phi) is 10.0. The van der Waals surface area contributed by atoms with Gasteiger partial charge in [0.2, 0.25) is 0 Å². The van der Waals surface area contributed by atoms with Gasteiger partial charge in [-0.2, -0.15) is 0 Å². The van der Waals surface area contributed by atoms with Crippen LogP contribution in [0.25, 0.3) is 0 Å². The van der Waals surface area contributed by atoms with E-state index in [0.29, 0.717) is 11.5 Å². The fraction of sp³-hybridized carbons (Fsp3) is 0.700. The minimum absolute atomic E-state index is 0.290. The highest BCUT2D eigenvalue weighted by Gasteiger charge is 2.21. The van der Waals surface area contributed by atoms with Crippen molar-refractivity contribution in [2.45, 2.75) is 12.1 Å². The summed E-state index contributed by atoms with van der Waals surface area (Å²) in [4.78, 5) is 33.7. The molecule has 1 unspecified atom stereocenters. The van der Waals surface area contributed by atoms with E-state index in [-0.39, 0.29) is 0 Å². The fourth-order valence-corrected chi connectivity index (χ4v) is 3.25. The Morgan fingerprint density at radius 3 is 2.15 bits per heavy atom. The third-order valence-electron chi connectivity index (χ3n) is 2.09. The number of nitrogens with two attached hydrogens (primary N) is 1. The van der Waals surface area contributed by atoms with Gasteiger partial charge in [-0.05, 0) is 0 Å². The fourth-order valence-electron chi connectivity index (χ4n) is 0.998. The van der Waals surface area contributed by atoms with Crippen molar-refractivity contribution in [1.29, 1.82) is 0 Å². The first-order valence-electron chi connectivity index (χ1n) is 5.60. The first-order chi connectivity index (χ1) is 9.46. The number of ether oxygens (including phenoxy) is 2. The van der Waals surface area contributed by atoms with Crippen LogP contribution in [0.3, 0.4) is 0 Å². The molecule has 10 heteroatoms. The highest BCUT2D eigenvalue weighted by molar-refractivity contribution is 8.76. The van der Waals surface area contributed by atoms with Gasteiger partial charge in [0.15, 0.2) is 0 Å². The highest BCUT2D eigenvalue weighted by atomic mass is 33.1. The molecule has 0 radical (unpaired) electrons. The number of hydrogen-bond donors (Lipinski definition) is 3. The van der Waals surface area contributed by atoms with Gasteiger partial charge in [0.05, 0.1) is 14.2 Å². The summed E-state index contributed by atoms with van der Waals surface area (Å²) >= 11 is 0. The third kappa shape index (κ3) is 7.46. The summed E-state index contributed by atoms with van der Waals surface area (Å²) in [7, 11) is 6.56. The van der Waals surface area contributed by atoms with Gasteiger partial charge in [0, 0.05) is 18.6 Å². The maximum Gasteiger partial charge on any atom is 0.329 e. The second-order valence-corrected chi connectivity index (χ2v) is 6.05. The Balaban J connectivity index is 4.11. The molecule has 0 aromatic carbocycles. The predicted molar refractivity (Wildman–Crippen MR) is 78.3 cm³/mol. The van der Waals surface area contributed by atoms with Crippen molar-refractivity contribution in [1.82, 2.24) is 10.6 Å². The summed E-state index contributed by atoms with van der Waals surface area (Å²) in [5.74, 6) is -0.408. The quantitative estimate of drug-likeness (QED) is 0.306. The smallest absolute Gasteiger partial charge is 0.329 e. The van der Waals surface area contributed by atoms with E-state index in [9.17, 15) is 14.4 Å². The SMILES string of the molecule is CNC(=O)N[C@@H](CSSCC(N)C(=O)OC)C(=O)OC. The summed E-state index contributed by atoms with van der Waals surface area (Å²) in [5.41, 5.74) is 5.55. The molecule has 0 heterocycles. The number of carbonyl (C=O) groups excluding carboxylic acids is 3. The van der Waals surface area contributed by atoms with Crippen molar-refractivity contribution in [3.63, 3.8) is 0 Å². The molecule has 8 nitrogen and oxygen atoms in total. The predicted octanol–water partition coefficient (Wildman–Crippen LogP) is -0.661. The normalized spacial score (nSPS) is 13.0. The first kappa shape index (κ1) is 18.9. The number of urea groups is 1. The summed E-state index contributed by atoms with van der Waals surface area (Å²) in [6.45, 7) is 0. The maximum absolute atomic E-state index is 11.5. The molecule has 2 amide bonds. The number of amides is 2. The number of carbonyl (C=O) groups is 3. The van der Waals surface area contributed by atoms with Crippen LogP contribution in [0.4, 0.5) is 4.79 Å². The number of methoxy groups -OCH3 is 2. The molecule has 0 aromatic heterocycles. The van der Waals surface area contributed by atoms with E-state index >= 15 is 0 Å². The lowest BCUT2D eigenvalue weighted by Crippen LogP contribution is -2.46. The second-order valence-electron chi connectivity index (χ2n) is 3.50. The van der Waals surface area contributed by atoms with Crippen molar-refractivity contribution in [3.05, 3.63) is 0 Å². The molecule has 4 N–H and O–H groups in total. The van der Waals surface area contributed by atoms with Crippen LogP contribution < -0.4 is 16.4 Å². The van der Waals surface area contributed by atoms with Crippen LogP contribution in [0.1, 0.15) is 0 Å². The van der Waals surface area contributed by atoms with Gasteiger partial charge >= 0.3 is 18.0 Å². The second kappa shape index (κ2) is 10.6. The zero-order valence-corrected chi connectivity index (χ0v) is 13.1. The van der Waals surface area contributed by atoms with Gasteiger partial charge < -0.3 is 25.8 Å². The number of nitrogens with one attached hydrogen (secondary N) is 2. The van der Waals surface area contributed by atoms with E-state index in [0.717, 1.165) is 0 Å². The average Bonchev–Trinajstić information content (AvgIpc) is 2.47. The van der Waals surface area contributed by atoms with Gasteiger partial charge in [-0.1, -0.05) is 21.6 Å². The molecule has 0 bridgehead atoms. The van der Waals surface area contributed by atoms with Gasteiger partial charge in [-0.15, -0.1) is 0 Å². The number of esters is 2. The maximum atomic E-state index is 11.5. The summed E-state index contributed by atoms with van der Waals surface area (Å²) in [6, 6.07) is -1.97. The van der Waals surface area contributed by atoms with Crippen molar-refractivity contribution in [2.24, 2.45) is 5.73 Å². The lowest BCUT2D eigenvalue weighted by Gasteiger charge is -2.15. The molecule has 2 atom stereocenters. The average molecular weight is 325 g/mol. The molecule has 0 aromatic rings. The Labute approximate surface area is 125 Å². The third-order valence-corrected chi connectivity index (χ3v) is 4.54. The van der Waals surface area contributed by atoms with E-state index in [1.54, 1.807) is 0 Å². The van der Waals surface area contributed by atoms with Crippen molar-refractivity contribution >= 4 is 39.6 Å². The monoisotopic (exact) mass is 325 g/mol. The van der Waals surface area contributed by atoms with E-state index in [4.69, 9.17) is 5.73 Å². The van der Waals surface area contributed by atoms with Gasteiger partial charge in [0.1, 0.15) is 12.1 Å².